The Hall–Kier alpha value is -2.92. The van der Waals surface area contributed by atoms with Crippen molar-refractivity contribution in [3.63, 3.8) is 0 Å². The molecule has 0 spiro atoms. The molecule has 2 aromatic carbocycles. The first-order chi connectivity index (χ1) is 15.6. The summed E-state index contributed by atoms with van der Waals surface area (Å²) in [5.74, 6) is -0.299. The van der Waals surface area contributed by atoms with E-state index >= 15 is 0 Å². The maximum absolute atomic E-state index is 13.0. The SMILES string of the molecule is Cc1cc(C)c2oc(C(=O)NC[C@@H](c3ccc(C(C)(C)C)cc3)N3CCCC3)cc(=O)c2c1. The van der Waals surface area contributed by atoms with Crippen molar-refractivity contribution in [2.45, 2.75) is 58.9 Å². The van der Waals surface area contributed by atoms with E-state index in [0.717, 1.165) is 24.2 Å². The standard InChI is InChI=1S/C28H34N2O3/c1-18-14-19(2)26-22(15-18)24(31)16-25(33-26)27(32)29-17-23(30-12-6-7-13-30)20-8-10-21(11-9-20)28(3,4)5/h8-11,14-16,23H,6-7,12-13,17H2,1-5H3,(H,29,32)/t23-/m0/s1. The molecule has 1 fully saturated rings. The largest absolute Gasteiger partial charge is 0.450 e. The Morgan fingerprint density at radius 3 is 2.36 bits per heavy atom. The van der Waals surface area contributed by atoms with Gasteiger partial charge in [0.05, 0.1) is 11.4 Å². The summed E-state index contributed by atoms with van der Waals surface area (Å²) in [6.07, 6.45) is 2.34. The number of hydrogen-bond acceptors (Lipinski definition) is 4. The lowest BCUT2D eigenvalue weighted by Gasteiger charge is -2.29. The minimum atomic E-state index is -0.357. The zero-order valence-electron chi connectivity index (χ0n) is 20.3. The molecule has 3 aromatic rings. The fraction of sp³-hybridized carbons (Fsp3) is 0.429. The molecule has 1 atom stereocenters. The number of benzene rings is 2. The van der Waals surface area contributed by atoms with Crippen LogP contribution in [0, 0.1) is 13.8 Å². The van der Waals surface area contributed by atoms with E-state index in [-0.39, 0.29) is 28.6 Å². The molecule has 33 heavy (non-hydrogen) atoms. The molecule has 1 amide bonds. The van der Waals surface area contributed by atoms with Crippen molar-refractivity contribution in [3.8, 4) is 0 Å². The molecule has 0 aliphatic carbocycles. The number of aryl methyl sites for hydroxylation is 2. The summed E-state index contributed by atoms with van der Waals surface area (Å²) in [6, 6.07) is 13.9. The molecule has 1 aliphatic heterocycles. The highest BCUT2D eigenvalue weighted by Gasteiger charge is 2.25. The van der Waals surface area contributed by atoms with Crippen molar-refractivity contribution in [1.29, 1.82) is 0 Å². The predicted molar refractivity (Wildman–Crippen MR) is 133 cm³/mol. The number of amides is 1. The fourth-order valence-electron chi connectivity index (χ4n) is 4.71. The van der Waals surface area contributed by atoms with Crippen molar-refractivity contribution in [2.75, 3.05) is 19.6 Å². The predicted octanol–water partition coefficient (Wildman–Crippen LogP) is 5.27. The number of nitrogens with one attached hydrogen (secondary N) is 1. The zero-order valence-corrected chi connectivity index (χ0v) is 20.3. The van der Waals surface area contributed by atoms with E-state index in [0.29, 0.717) is 17.5 Å². The van der Waals surface area contributed by atoms with Crippen LogP contribution in [0.2, 0.25) is 0 Å². The Morgan fingerprint density at radius 1 is 1.06 bits per heavy atom. The second kappa shape index (κ2) is 9.14. The van der Waals surface area contributed by atoms with E-state index in [1.54, 1.807) is 6.07 Å². The van der Waals surface area contributed by atoms with Crippen molar-refractivity contribution in [2.24, 2.45) is 0 Å². The van der Waals surface area contributed by atoms with Crippen LogP contribution >= 0.6 is 0 Å². The minimum Gasteiger partial charge on any atom is -0.450 e. The van der Waals surface area contributed by atoms with E-state index in [4.69, 9.17) is 4.42 Å². The number of rotatable bonds is 5. The van der Waals surface area contributed by atoms with Crippen molar-refractivity contribution >= 4 is 16.9 Å². The van der Waals surface area contributed by atoms with Gasteiger partial charge in [0.1, 0.15) is 5.58 Å². The molecule has 0 saturated carbocycles. The van der Waals surface area contributed by atoms with E-state index in [1.165, 1.54) is 30.0 Å². The second-order valence-corrected chi connectivity index (χ2v) is 10.3. The van der Waals surface area contributed by atoms with Gasteiger partial charge in [-0.05, 0) is 73.5 Å². The highest BCUT2D eigenvalue weighted by Crippen LogP contribution is 2.28. The van der Waals surface area contributed by atoms with Gasteiger partial charge in [-0.3, -0.25) is 14.5 Å². The monoisotopic (exact) mass is 446 g/mol. The summed E-state index contributed by atoms with van der Waals surface area (Å²) >= 11 is 0. The maximum Gasteiger partial charge on any atom is 0.287 e. The van der Waals surface area contributed by atoms with Crippen molar-refractivity contribution < 1.29 is 9.21 Å². The number of likely N-dealkylation sites (tertiary alicyclic amines) is 1. The Kier molecular flexibility index (Phi) is 6.44. The quantitative estimate of drug-likeness (QED) is 0.580. The third-order valence-electron chi connectivity index (χ3n) is 6.58. The van der Waals surface area contributed by atoms with Gasteiger partial charge in [0.25, 0.3) is 5.91 Å². The van der Waals surface area contributed by atoms with Crippen LogP contribution in [0.4, 0.5) is 0 Å². The van der Waals surface area contributed by atoms with Crippen LogP contribution in [-0.4, -0.2) is 30.4 Å². The molecule has 0 unspecified atom stereocenters. The molecule has 0 bridgehead atoms. The number of carbonyl (C=O) groups is 1. The molecule has 5 heteroatoms. The Labute approximate surface area is 195 Å². The lowest BCUT2D eigenvalue weighted by atomic mass is 9.86. The Balaban J connectivity index is 1.57. The summed E-state index contributed by atoms with van der Waals surface area (Å²) in [6.45, 7) is 13.0. The van der Waals surface area contributed by atoms with Gasteiger partial charge in [0, 0.05) is 12.6 Å². The van der Waals surface area contributed by atoms with E-state index in [1.807, 2.05) is 19.9 Å². The Bertz CT molecular complexity index is 1210. The summed E-state index contributed by atoms with van der Waals surface area (Å²) < 4.78 is 5.88. The van der Waals surface area contributed by atoms with Crippen LogP contribution < -0.4 is 10.7 Å². The fourth-order valence-corrected chi connectivity index (χ4v) is 4.71. The van der Waals surface area contributed by atoms with Gasteiger partial charge < -0.3 is 9.73 Å². The number of hydrogen-bond donors (Lipinski definition) is 1. The van der Waals surface area contributed by atoms with Gasteiger partial charge in [-0.1, -0.05) is 51.1 Å². The molecular weight excluding hydrogens is 412 g/mol. The van der Waals surface area contributed by atoms with Gasteiger partial charge in [0.2, 0.25) is 0 Å². The van der Waals surface area contributed by atoms with Crippen molar-refractivity contribution in [1.82, 2.24) is 10.2 Å². The topological polar surface area (TPSA) is 62.6 Å². The average molecular weight is 447 g/mol. The molecule has 4 rings (SSSR count). The van der Waals surface area contributed by atoms with Crippen LogP contribution in [0.3, 0.4) is 0 Å². The summed E-state index contributed by atoms with van der Waals surface area (Å²) in [5.41, 5.74) is 4.71. The van der Waals surface area contributed by atoms with Crippen LogP contribution in [0.15, 0.2) is 51.7 Å². The lowest BCUT2D eigenvalue weighted by molar-refractivity contribution is 0.0910. The van der Waals surface area contributed by atoms with Gasteiger partial charge in [-0.15, -0.1) is 0 Å². The molecule has 1 N–H and O–H groups in total. The number of nitrogens with zero attached hydrogens (tertiary/aromatic N) is 1. The van der Waals surface area contributed by atoms with Crippen LogP contribution in [0.5, 0.6) is 0 Å². The van der Waals surface area contributed by atoms with Crippen LogP contribution in [0.1, 0.15) is 72.5 Å². The van der Waals surface area contributed by atoms with Gasteiger partial charge in [-0.2, -0.15) is 0 Å². The normalized spacial score (nSPS) is 15.7. The van der Waals surface area contributed by atoms with E-state index in [2.05, 4.69) is 55.3 Å². The first-order valence-corrected chi connectivity index (χ1v) is 11.8. The molecule has 1 saturated heterocycles. The van der Waals surface area contributed by atoms with Crippen LogP contribution in [-0.2, 0) is 5.41 Å². The Morgan fingerprint density at radius 2 is 1.73 bits per heavy atom. The van der Waals surface area contributed by atoms with E-state index < -0.39 is 0 Å². The van der Waals surface area contributed by atoms with Crippen LogP contribution in [0.25, 0.3) is 11.0 Å². The number of fused-ring (bicyclic) bond motifs is 1. The second-order valence-electron chi connectivity index (χ2n) is 10.3. The first-order valence-electron chi connectivity index (χ1n) is 11.8. The zero-order chi connectivity index (χ0) is 23.8. The molecule has 5 nitrogen and oxygen atoms in total. The molecular formula is C28H34N2O3. The summed E-state index contributed by atoms with van der Waals surface area (Å²) in [5, 5.41) is 3.54. The summed E-state index contributed by atoms with van der Waals surface area (Å²) in [4.78, 5) is 28.1. The molecule has 2 heterocycles. The highest BCUT2D eigenvalue weighted by molar-refractivity contribution is 5.93. The minimum absolute atomic E-state index is 0.0581. The average Bonchev–Trinajstić information content (AvgIpc) is 3.28. The van der Waals surface area contributed by atoms with Gasteiger partial charge in [-0.25, -0.2) is 0 Å². The molecule has 1 aliphatic rings. The smallest absolute Gasteiger partial charge is 0.287 e. The maximum atomic E-state index is 13.0. The molecule has 174 valence electrons. The number of carbonyl (C=O) groups excluding carboxylic acids is 1. The first kappa shape index (κ1) is 23.2. The summed E-state index contributed by atoms with van der Waals surface area (Å²) in [7, 11) is 0. The molecule has 1 aromatic heterocycles. The van der Waals surface area contributed by atoms with Gasteiger partial charge in [0.15, 0.2) is 11.2 Å². The van der Waals surface area contributed by atoms with E-state index in [9.17, 15) is 9.59 Å². The molecule has 0 radical (unpaired) electrons. The highest BCUT2D eigenvalue weighted by atomic mass is 16.3. The lowest BCUT2D eigenvalue weighted by Crippen LogP contribution is -2.37. The third-order valence-corrected chi connectivity index (χ3v) is 6.58. The third kappa shape index (κ3) is 5.03. The van der Waals surface area contributed by atoms with Crippen molar-refractivity contribution in [3.05, 3.63) is 80.7 Å². The van der Waals surface area contributed by atoms with Gasteiger partial charge >= 0.3 is 0 Å².